The molecule has 0 radical (unpaired) electrons. The molecule has 3 aromatic carbocycles. The topological polar surface area (TPSA) is 89.7 Å². The number of amides is 1. The maximum absolute atomic E-state index is 13.3. The van der Waals surface area contributed by atoms with Gasteiger partial charge in [-0.25, -0.2) is 0 Å². The van der Waals surface area contributed by atoms with E-state index in [2.05, 4.69) is 38.8 Å². The molecule has 4 atom stereocenters. The number of nitrogens with zero attached hydrogens (tertiary/aromatic N) is 2. The largest absolute Gasteiger partial charge is 0.506 e. The van der Waals surface area contributed by atoms with Crippen LogP contribution >= 0.6 is 0 Å². The number of aromatic hydroxyl groups is 1. The third kappa shape index (κ3) is 2.12. The van der Waals surface area contributed by atoms with Gasteiger partial charge >= 0.3 is 0 Å². The SMILES string of the molecule is CN[C@H]1C[C@H]2O[C@@](C)(C1OC)n1c3c(O)cccc3c3c4c(c5c6ccccc6n2c5c31)C(=O)NC4. The summed E-state index contributed by atoms with van der Waals surface area (Å²) in [5.74, 6) is 0.119. The zero-order valence-corrected chi connectivity index (χ0v) is 20.3. The van der Waals surface area contributed by atoms with Gasteiger partial charge in [-0.05, 0) is 31.7 Å². The first-order valence-corrected chi connectivity index (χ1v) is 12.4. The van der Waals surface area contributed by atoms with Crippen LogP contribution in [0.3, 0.4) is 0 Å². The lowest BCUT2D eigenvalue weighted by Crippen LogP contribution is -2.59. The van der Waals surface area contributed by atoms with Crippen LogP contribution in [0.15, 0.2) is 42.5 Å². The Morgan fingerprint density at radius 3 is 2.72 bits per heavy atom. The number of methoxy groups -OCH3 is 1. The van der Waals surface area contributed by atoms with Crippen LogP contribution in [0.25, 0.3) is 43.6 Å². The maximum atomic E-state index is 13.3. The lowest BCUT2D eigenvalue weighted by Gasteiger charge is -2.48. The summed E-state index contributed by atoms with van der Waals surface area (Å²) in [7, 11) is 3.67. The molecule has 8 nitrogen and oxygen atoms in total. The second-order valence-corrected chi connectivity index (χ2v) is 10.3. The van der Waals surface area contributed by atoms with Crippen molar-refractivity contribution in [3.8, 4) is 5.75 Å². The van der Waals surface area contributed by atoms with Crippen molar-refractivity contribution in [2.45, 2.75) is 44.0 Å². The highest BCUT2D eigenvalue weighted by Crippen LogP contribution is 2.54. The summed E-state index contributed by atoms with van der Waals surface area (Å²) in [4.78, 5) is 13.3. The summed E-state index contributed by atoms with van der Waals surface area (Å²) in [5.41, 5.74) is 4.43. The van der Waals surface area contributed by atoms with Crippen molar-refractivity contribution in [2.75, 3.05) is 14.2 Å². The van der Waals surface area contributed by atoms with Gasteiger partial charge in [0.25, 0.3) is 5.91 Å². The van der Waals surface area contributed by atoms with Crippen LogP contribution in [0.2, 0.25) is 0 Å². The number of carbonyl (C=O) groups is 1. The average molecular weight is 483 g/mol. The number of phenolic OH excluding ortho intramolecular Hbond substituents is 1. The van der Waals surface area contributed by atoms with E-state index in [1.54, 1.807) is 13.2 Å². The van der Waals surface area contributed by atoms with Gasteiger partial charge in [0.2, 0.25) is 0 Å². The number of carbonyl (C=O) groups excluding carboxylic acids is 1. The molecule has 2 bridgehead atoms. The van der Waals surface area contributed by atoms with Crippen LogP contribution in [0.4, 0.5) is 0 Å². The minimum atomic E-state index is -0.929. The van der Waals surface area contributed by atoms with E-state index in [-0.39, 0.29) is 30.0 Å². The Bertz CT molecular complexity index is 1800. The van der Waals surface area contributed by atoms with Crippen LogP contribution < -0.4 is 10.6 Å². The molecule has 8 heteroatoms. The zero-order chi connectivity index (χ0) is 24.5. The highest BCUT2D eigenvalue weighted by molar-refractivity contribution is 6.31. The molecule has 5 aromatic rings. The number of likely N-dealkylation sites (N-methyl/N-ethyl adjacent to an activating group) is 1. The highest BCUT2D eigenvalue weighted by atomic mass is 16.6. The fourth-order valence-corrected chi connectivity index (χ4v) is 7.40. The molecular weight excluding hydrogens is 456 g/mol. The molecule has 8 rings (SSSR count). The lowest BCUT2D eigenvalue weighted by molar-refractivity contribution is -0.256. The van der Waals surface area contributed by atoms with Crippen LogP contribution in [0, 0.1) is 0 Å². The smallest absolute Gasteiger partial charge is 0.252 e. The highest BCUT2D eigenvalue weighted by Gasteiger charge is 2.53. The van der Waals surface area contributed by atoms with Crippen molar-refractivity contribution in [3.63, 3.8) is 0 Å². The molecule has 0 spiro atoms. The number of para-hydroxylation sites is 2. The van der Waals surface area contributed by atoms with Crippen LogP contribution in [0.5, 0.6) is 5.75 Å². The van der Waals surface area contributed by atoms with Crippen molar-refractivity contribution >= 4 is 49.5 Å². The Labute approximate surface area is 206 Å². The van der Waals surface area contributed by atoms with Crippen molar-refractivity contribution in [1.82, 2.24) is 19.8 Å². The summed E-state index contributed by atoms with van der Waals surface area (Å²) in [6, 6.07) is 13.8. The lowest BCUT2D eigenvalue weighted by atomic mass is 9.93. The van der Waals surface area contributed by atoms with E-state index < -0.39 is 5.72 Å². The van der Waals surface area contributed by atoms with Gasteiger partial charge in [-0.15, -0.1) is 0 Å². The fraction of sp³-hybridized carbons (Fsp3) is 0.321. The van der Waals surface area contributed by atoms with Gasteiger partial charge in [0.1, 0.15) is 18.1 Å². The van der Waals surface area contributed by atoms with Gasteiger partial charge in [-0.2, -0.15) is 0 Å². The Morgan fingerprint density at radius 2 is 1.92 bits per heavy atom. The predicted molar refractivity (Wildman–Crippen MR) is 137 cm³/mol. The number of phenols is 1. The summed E-state index contributed by atoms with van der Waals surface area (Å²) in [6.45, 7) is 2.50. The molecule has 1 fully saturated rings. The molecule has 1 unspecified atom stereocenters. The van der Waals surface area contributed by atoms with Crippen LogP contribution in [0.1, 0.15) is 35.5 Å². The molecule has 2 aromatic heterocycles. The van der Waals surface area contributed by atoms with E-state index in [9.17, 15) is 9.90 Å². The third-order valence-electron chi connectivity index (χ3n) is 8.69. The number of ether oxygens (including phenoxy) is 2. The van der Waals surface area contributed by atoms with E-state index in [0.717, 1.165) is 49.2 Å². The number of hydrogen-bond donors (Lipinski definition) is 3. The summed E-state index contributed by atoms with van der Waals surface area (Å²) >= 11 is 0. The fourth-order valence-electron chi connectivity index (χ4n) is 7.40. The first-order valence-electron chi connectivity index (χ1n) is 12.4. The molecule has 3 aliphatic rings. The predicted octanol–water partition coefficient (Wildman–Crippen LogP) is 4.06. The van der Waals surface area contributed by atoms with E-state index >= 15 is 0 Å². The quantitative estimate of drug-likeness (QED) is 0.353. The minimum Gasteiger partial charge on any atom is -0.506 e. The molecule has 182 valence electrons. The first kappa shape index (κ1) is 20.6. The molecule has 3 N–H and O–H groups in total. The van der Waals surface area contributed by atoms with Gasteiger partial charge in [0.15, 0.2) is 5.72 Å². The number of fused-ring (bicyclic) bond motifs is 13. The van der Waals surface area contributed by atoms with Crippen molar-refractivity contribution in [3.05, 3.63) is 53.6 Å². The molecule has 36 heavy (non-hydrogen) atoms. The molecule has 5 heterocycles. The molecule has 3 aliphatic heterocycles. The maximum Gasteiger partial charge on any atom is 0.252 e. The minimum absolute atomic E-state index is 0.00206. The average Bonchev–Trinajstić information content (AvgIpc) is 3.52. The van der Waals surface area contributed by atoms with Gasteiger partial charge in [-0.3, -0.25) is 4.79 Å². The second-order valence-electron chi connectivity index (χ2n) is 10.3. The van der Waals surface area contributed by atoms with Crippen LogP contribution in [-0.4, -0.2) is 46.5 Å². The molecular formula is C28H26N4O4. The van der Waals surface area contributed by atoms with Crippen molar-refractivity contribution in [2.24, 2.45) is 0 Å². The van der Waals surface area contributed by atoms with E-state index in [0.29, 0.717) is 18.5 Å². The number of aromatic nitrogens is 2. The Kier molecular flexibility index (Phi) is 3.77. The Balaban J connectivity index is 1.74. The zero-order valence-electron chi connectivity index (χ0n) is 20.3. The second kappa shape index (κ2) is 6.59. The van der Waals surface area contributed by atoms with Crippen molar-refractivity contribution < 1.29 is 19.4 Å². The van der Waals surface area contributed by atoms with Crippen LogP contribution in [-0.2, 0) is 21.7 Å². The molecule has 0 aliphatic carbocycles. The van der Waals surface area contributed by atoms with Gasteiger partial charge in [0, 0.05) is 47.7 Å². The molecule has 1 saturated heterocycles. The Morgan fingerprint density at radius 1 is 1.11 bits per heavy atom. The monoisotopic (exact) mass is 482 g/mol. The molecule has 1 amide bonds. The number of nitrogens with one attached hydrogen (secondary N) is 2. The number of rotatable bonds is 2. The van der Waals surface area contributed by atoms with Gasteiger partial charge in [0.05, 0.1) is 27.6 Å². The first-order chi connectivity index (χ1) is 17.5. The van der Waals surface area contributed by atoms with E-state index in [1.165, 1.54) is 0 Å². The third-order valence-corrected chi connectivity index (χ3v) is 8.69. The van der Waals surface area contributed by atoms with Gasteiger partial charge in [-0.1, -0.05) is 30.3 Å². The number of hydrogen-bond acceptors (Lipinski definition) is 5. The Hall–Kier alpha value is -3.59. The summed E-state index contributed by atoms with van der Waals surface area (Å²) in [5, 5.41) is 21.7. The standard InChI is InChI=1S/C28H26N4O4/c1-28-26(35-3)16(29-2)11-19(36-28)31-17-9-5-4-7-13(17)21-22-15(12-30-27(22)34)20-14-8-6-10-18(33)23(14)32(28)25(20)24(21)31/h4-10,16,19,26,29,33H,11-12H2,1-3H3,(H,30,34)/t16-,19+,26?,28-/m0/s1. The van der Waals surface area contributed by atoms with Gasteiger partial charge < -0.3 is 34.3 Å². The number of benzene rings is 3. The summed E-state index contributed by atoms with van der Waals surface area (Å²) in [6.07, 6.45) is 0.0709. The van der Waals surface area contributed by atoms with E-state index in [1.807, 2.05) is 31.3 Å². The molecule has 0 saturated carbocycles. The van der Waals surface area contributed by atoms with Crippen molar-refractivity contribution in [1.29, 1.82) is 0 Å². The van der Waals surface area contributed by atoms with E-state index in [4.69, 9.17) is 9.47 Å². The summed E-state index contributed by atoms with van der Waals surface area (Å²) < 4.78 is 17.6. The normalized spacial score (nSPS) is 26.9.